The number of rotatable bonds is 9. The van der Waals surface area contributed by atoms with E-state index in [1.165, 1.54) is 6.20 Å². The van der Waals surface area contributed by atoms with Gasteiger partial charge in [0.1, 0.15) is 18.1 Å². The Morgan fingerprint density at radius 1 is 1.14 bits per heavy atom. The summed E-state index contributed by atoms with van der Waals surface area (Å²) in [5.74, 6) is 0.0771. The predicted molar refractivity (Wildman–Crippen MR) is 106 cm³/mol. The van der Waals surface area contributed by atoms with Crippen LogP contribution in [0.3, 0.4) is 0 Å². The van der Waals surface area contributed by atoms with Crippen molar-refractivity contribution in [1.29, 1.82) is 0 Å². The lowest BCUT2D eigenvalue weighted by molar-refractivity contribution is -0.121. The average molecular weight is 404 g/mol. The summed E-state index contributed by atoms with van der Waals surface area (Å²) in [5, 5.41) is 2.90. The van der Waals surface area contributed by atoms with Gasteiger partial charge in [-0.3, -0.25) is 14.6 Å². The average Bonchev–Trinajstić information content (AvgIpc) is 2.66. The van der Waals surface area contributed by atoms with Crippen LogP contribution in [0.2, 0.25) is 0 Å². The van der Waals surface area contributed by atoms with E-state index in [1.54, 1.807) is 37.3 Å². The maximum absolute atomic E-state index is 12.6. The lowest BCUT2D eigenvalue weighted by atomic mass is 10.0. The molecule has 0 fully saturated rings. The molecule has 1 heterocycles. The van der Waals surface area contributed by atoms with Gasteiger partial charge in [0.2, 0.25) is 0 Å². The molecule has 1 unspecified atom stereocenters. The van der Waals surface area contributed by atoms with E-state index >= 15 is 0 Å². The zero-order valence-electron chi connectivity index (χ0n) is 17.0. The molecule has 0 bridgehead atoms. The molecule has 1 atom stereocenters. The van der Waals surface area contributed by atoms with Crippen LogP contribution in [0.25, 0.3) is 0 Å². The highest BCUT2D eigenvalue weighted by Crippen LogP contribution is 2.23. The van der Waals surface area contributed by atoms with Gasteiger partial charge in [-0.05, 0) is 43.2 Å². The Labute approximate surface area is 169 Å². The molecular weight excluding hydrogens is 378 g/mol. The van der Waals surface area contributed by atoms with Gasteiger partial charge in [-0.25, -0.2) is 8.78 Å². The van der Waals surface area contributed by atoms with Crippen LogP contribution in [0.1, 0.15) is 54.0 Å². The molecule has 0 saturated heterocycles. The van der Waals surface area contributed by atoms with Crippen LogP contribution in [-0.2, 0) is 11.2 Å². The van der Waals surface area contributed by atoms with Gasteiger partial charge in [0.05, 0.1) is 6.04 Å². The van der Waals surface area contributed by atoms with E-state index in [2.05, 4.69) is 10.3 Å². The number of aromatic nitrogens is 1. The summed E-state index contributed by atoms with van der Waals surface area (Å²) in [5.41, 5.74) is 2.51. The highest BCUT2D eigenvalue weighted by molar-refractivity contribution is 5.94. The Morgan fingerprint density at radius 3 is 2.48 bits per heavy atom. The number of carbonyl (C=O) groups is 2. The molecular formula is C22H26F2N2O3. The number of amides is 1. The fraction of sp³-hybridized carbons (Fsp3) is 0.409. The van der Waals surface area contributed by atoms with E-state index in [4.69, 9.17) is 4.74 Å². The summed E-state index contributed by atoms with van der Waals surface area (Å²) in [6.07, 6.45) is -0.830. The van der Waals surface area contributed by atoms with Crippen molar-refractivity contribution in [2.45, 2.75) is 46.6 Å². The van der Waals surface area contributed by atoms with Crippen LogP contribution in [0.5, 0.6) is 5.75 Å². The third kappa shape index (κ3) is 6.62. The highest BCUT2D eigenvalue weighted by atomic mass is 19.3. The van der Waals surface area contributed by atoms with Crippen LogP contribution < -0.4 is 10.1 Å². The molecule has 5 nitrogen and oxygen atoms in total. The van der Waals surface area contributed by atoms with E-state index in [0.717, 1.165) is 5.56 Å². The van der Waals surface area contributed by atoms with Gasteiger partial charge in [-0.1, -0.05) is 26.0 Å². The third-order valence-electron chi connectivity index (χ3n) is 4.49. The molecule has 7 heteroatoms. The molecule has 1 N–H and O–H groups in total. The Hall–Kier alpha value is -2.83. The van der Waals surface area contributed by atoms with Gasteiger partial charge in [0.15, 0.2) is 0 Å². The number of ketones is 1. The number of carbonyl (C=O) groups excluding carboxylic acids is 2. The van der Waals surface area contributed by atoms with Crippen LogP contribution in [-0.4, -0.2) is 29.7 Å². The first-order chi connectivity index (χ1) is 13.7. The van der Waals surface area contributed by atoms with Crippen LogP contribution >= 0.6 is 0 Å². The van der Waals surface area contributed by atoms with Crippen molar-refractivity contribution >= 4 is 11.7 Å². The quantitative estimate of drug-likeness (QED) is 0.677. The zero-order valence-corrected chi connectivity index (χ0v) is 17.0. The van der Waals surface area contributed by atoms with E-state index in [9.17, 15) is 18.4 Å². The number of aryl methyl sites for hydroxylation is 1. The van der Waals surface area contributed by atoms with Gasteiger partial charge in [0, 0.05) is 29.8 Å². The number of pyridine rings is 1. The van der Waals surface area contributed by atoms with E-state index in [1.807, 2.05) is 20.8 Å². The molecule has 1 aromatic carbocycles. The SMILES string of the molecule is Cc1cc(C(C)NC(=O)c2ccnc(CC(=O)C(C)C)c2)ccc1OCC(F)F. The largest absolute Gasteiger partial charge is 0.487 e. The maximum Gasteiger partial charge on any atom is 0.272 e. The summed E-state index contributed by atoms with van der Waals surface area (Å²) < 4.78 is 29.7. The number of nitrogens with one attached hydrogen (secondary N) is 1. The number of halogens is 2. The third-order valence-corrected chi connectivity index (χ3v) is 4.49. The summed E-state index contributed by atoms with van der Waals surface area (Å²) in [6.45, 7) is 6.59. The lowest BCUT2D eigenvalue weighted by Gasteiger charge is -2.17. The predicted octanol–water partition coefficient (Wildman–Crippen LogP) is 4.29. The summed E-state index contributed by atoms with van der Waals surface area (Å²) >= 11 is 0. The zero-order chi connectivity index (χ0) is 21.6. The van der Waals surface area contributed by atoms with Crippen molar-refractivity contribution < 1.29 is 23.1 Å². The molecule has 0 saturated carbocycles. The number of hydrogen-bond donors (Lipinski definition) is 1. The van der Waals surface area contributed by atoms with Crippen LogP contribution in [0.15, 0.2) is 36.5 Å². The Kier molecular flexibility index (Phi) is 7.82. The van der Waals surface area contributed by atoms with Crippen molar-refractivity contribution in [1.82, 2.24) is 10.3 Å². The number of nitrogens with zero attached hydrogens (tertiary/aromatic N) is 1. The number of alkyl halides is 2. The minimum absolute atomic E-state index is 0.0630. The summed E-state index contributed by atoms with van der Waals surface area (Å²) in [7, 11) is 0. The van der Waals surface area contributed by atoms with Crippen molar-refractivity contribution in [2.75, 3.05) is 6.61 Å². The minimum atomic E-state index is -2.53. The van der Waals surface area contributed by atoms with E-state index in [-0.39, 0.29) is 30.1 Å². The Balaban J connectivity index is 2.05. The molecule has 29 heavy (non-hydrogen) atoms. The first-order valence-corrected chi connectivity index (χ1v) is 9.47. The van der Waals surface area contributed by atoms with Gasteiger partial charge >= 0.3 is 0 Å². The normalized spacial score (nSPS) is 12.1. The Morgan fingerprint density at radius 2 is 1.86 bits per heavy atom. The second-order valence-electron chi connectivity index (χ2n) is 7.26. The fourth-order valence-electron chi connectivity index (χ4n) is 2.72. The van der Waals surface area contributed by atoms with E-state index in [0.29, 0.717) is 22.6 Å². The number of ether oxygens (including phenoxy) is 1. The molecule has 0 aliphatic carbocycles. The molecule has 0 aliphatic heterocycles. The van der Waals surface area contributed by atoms with Crippen LogP contribution in [0, 0.1) is 12.8 Å². The van der Waals surface area contributed by atoms with Gasteiger partial charge < -0.3 is 10.1 Å². The molecule has 2 aromatic rings. The second-order valence-corrected chi connectivity index (χ2v) is 7.26. The van der Waals surface area contributed by atoms with Crippen molar-refractivity contribution in [3.05, 3.63) is 58.9 Å². The van der Waals surface area contributed by atoms with Crippen molar-refractivity contribution in [3.63, 3.8) is 0 Å². The fourth-order valence-corrected chi connectivity index (χ4v) is 2.72. The number of benzene rings is 1. The molecule has 1 amide bonds. The second kappa shape index (κ2) is 10.1. The molecule has 0 aliphatic rings. The standard InChI is InChI=1S/C22H26F2N2O3/c1-13(2)19(27)11-18-10-17(7-8-25-18)22(28)26-15(4)16-5-6-20(14(3)9-16)29-12-21(23)24/h5-10,13,15,21H,11-12H2,1-4H3,(H,26,28). The van der Waals surface area contributed by atoms with Gasteiger partial charge in [-0.2, -0.15) is 0 Å². The maximum atomic E-state index is 12.6. The lowest BCUT2D eigenvalue weighted by Crippen LogP contribution is -2.27. The summed E-state index contributed by atoms with van der Waals surface area (Å²) in [6, 6.07) is 8.06. The molecule has 0 spiro atoms. The Bertz CT molecular complexity index is 869. The first-order valence-electron chi connectivity index (χ1n) is 9.47. The van der Waals surface area contributed by atoms with Crippen molar-refractivity contribution in [3.8, 4) is 5.75 Å². The van der Waals surface area contributed by atoms with E-state index < -0.39 is 13.0 Å². The first kappa shape index (κ1) is 22.5. The molecule has 0 radical (unpaired) electrons. The summed E-state index contributed by atoms with van der Waals surface area (Å²) in [4.78, 5) is 28.7. The molecule has 156 valence electrons. The molecule has 2 rings (SSSR count). The minimum Gasteiger partial charge on any atom is -0.487 e. The number of hydrogen-bond acceptors (Lipinski definition) is 4. The van der Waals surface area contributed by atoms with Crippen LogP contribution in [0.4, 0.5) is 8.78 Å². The molecule has 1 aromatic heterocycles. The van der Waals surface area contributed by atoms with Gasteiger partial charge in [0.25, 0.3) is 12.3 Å². The highest BCUT2D eigenvalue weighted by Gasteiger charge is 2.15. The number of Topliss-reactive ketones (excluding diaryl/α,β-unsaturated/α-hetero) is 1. The monoisotopic (exact) mass is 404 g/mol. The van der Waals surface area contributed by atoms with Gasteiger partial charge in [-0.15, -0.1) is 0 Å². The topological polar surface area (TPSA) is 68.3 Å². The smallest absolute Gasteiger partial charge is 0.272 e. The van der Waals surface area contributed by atoms with Crippen molar-refractivity contribution in [2.24, 2.45) is 5.92 Å².